The first-order valence-electron chi connectivity index (χ1n) is 9.35. The summed E-state index contributed by atoms with van der Waals surface area (Å²) in [5, 5.41) is 6.25. The van der Waals surface area contributed by atoms with Crippen LogP contribution < -0.4 is 5.32 Å². The van der Waals surface area contributed by atoms with E-state index in [1.165, 1.54) is 18.5 Å². The Kier molecular flexibility index (Phi) is 4.39. The van der Waals surface area contributed by atoms with Crippen LogP contribution in [0.15, 0.2) is 71.0 Å². The molecule has 0 aliphatic carbocycles. The summed E-state index contributed by atoms with van der Waals surface area (Å²) in [6.45, 7) is 8.31. The molecule has 2 N–H and O–H groups in total. The molecule has 0 saturated carbocycles. The van der Waals surface area contributed by atoms with Crippen molar-refractivity contribution in [3.05, 3.63) is 77.4 Å². The summed E-state index contributed by atoms with van der Waals surface area (Å²) in [4.78, 5) is 22.7. The zero-order valence-corrected chi connectivity index (χ0v) is 17.2. The number of H-pyrrole nitrogens is 1. The number of allylic oxidation sites excluding steroid dienone is 2. The first-order chi connectivity index (χ1) is 14.5. The van der Waals surface area contributed by atoms with Crippen molar-refractivity contribution in [1.82, 2.24) is 24.8 Å². The number of fused-ring (bicyclic) bond motifs is 2. The number of thioether (sulfide) groups is 1. The molecule has 3 aromatic rings. The number of aromatic amines is 1. The number of aromatic nitrogens is 4. The maximum Gasteiger partial charge on any atom is 0.177 e. The second kappa shape index (κ2) is 7.10. The number of imidazole rings is 1. The maximum absolute atomic E-state index is 14.0. The van der Waals surface area contributed by atoms with E-state index < -0.39 is 0 Å². The Morgan fingerprint density at radius 2 is 2.13 bits per heavy atom. The summed E-state index contributed by atoms with van der Waals surface area (Å²) < 4.78 is 14.0. The molecule has 9 heteroatoms. The lowest BCUT2D eigenvalue weighted by Gasteiger charge is -2.32. The lowest BCUT2D eigenvalue weighted by atomic mass is 9.96. The van der Waals surface area contributed by atoms with Crippen LogP contribution in [0, 0.1) is 5.82 Å². The van der Waals surface area contributed by atoms with Gasteiger partial charge in [-0.15, -0.1) is 0 Å². The smallest absolute Gasteiger partial charge is 0.177 e. The van der Waals surface area contributed by atoms with Gasteiger partial charge in [-0.3, -0.25) is 4.90 Å². The Morgan fingerprint density at radius 3 is 2.97 bits per heavy atom. The van der Waals surface area contributed by atoms with Crippen LogP contribution >= 0.6 is 11.8 Å². The van der Waals surface area contributed by atoms with Gasteiger partial charge < -0.3 is 10.3 Å². The van der Waals surface area contributed by atoms with Crippen LogP contribution in [0.1, 0.15) is 19.4 Å². The highest BCUT2D eigenvalue weighted by Crippen LogP contribution is 2.42. The number of halogens is 1. The number of rotatable bonds is 4. The molecule has 0 spiro atoms. The van der Waals surface area contributed by atoms with Gasteiger partial charge in [0.05, 0.1) is 23.8 Å². The van der Waals surface area contributed by atoms with Crippen molar-refractivity contribution in [2.75, 3.05) is 5.32 Å². The van der Waals surface area contributed by atoms with Crippen molar-refractivity contribution in [3.8, 4) is 0 Å². The monoisotopic (exact) mass is 419 g/mol. The van der Waals surface area contributed by atoms with Gasteiger partial charge in [0.25, 0.3) is 0 Å². The minimum atomic E-state index is -0.306. The van der Waals surface area contributed by atoms with E-state index in [4.69, 9.17) is 4.99 Å². The van der Waals surface area contributed by atoms with Crippen molar-refractivity contribution < 1.29 is 4.39 Å². The van der Waals surface area contributed by atoms with Crippen molar-refractivity contribution in [3.63, 3.8) is 0 Å². The van der Waals surface area contributed by atoms with Gasteiger partial charge in [-0.2, -0.15) is 0 Å². The Hall–Kier alpha value is -3.46. The van der Waals surface area contributed by atoms with Gasteiger partial charge in [0, 0.05) is 11.3 Å². The molecule has 7 nitrogen and oxygen atoms in total. The normalized spacial score (nSPS) is 17.2. The molecule has 5 rings (SSSR count). The van der Waals surface area contributed by atoms with E-state index in [1.54, 1.807) is 24.2 Å². The lowest BCUT2D eigenvalue weighted by molar-refractivity contribution is 0.626. The summed E-state index contributed by atoms with van der Waals surface area (Å²) in [7, 11) is 0. The van der Waals surface area contributed by atoms with Gasteiger partial charge >= 0.3 is 0 Å². The van der Waals surface area contributed by atoms with E-state index >= 15 is 0 Å². The first kappa shape index (κ1) is 18.6. The van der Waals surface area contributed by atoms with Gasteiger partial charge in [0.15, 0.2) is 16.6 Å². The number of hydrogen-bond acceptors (Lipinski definition) is 7. The zero-order chi connectivity index (χ0) is 20.8. The number of amidine groups is 1. The third-order valence-electron chi connectivity index (χ3n) is 5.00. The molecule has 1 atom stereocenters. The fourth-order valence-electron chi connectivity index (χ4n) is 3.63. The molecule has 1 aromatic carbocycles. The highest BCUT2D eigenvalue weighted by atomic mass is 32.2. The Balaban J connectivity index is 1.62. The Labute approximate surface area is 176 Å². The standard InChI is InChI=1S/C21H18FN7S/c1-11-8-30-21-28-17(12(2)27-20-18-19(24-9-23-18)25-10-26-20)16(13(3)29(11)21)14-5-4-6-15(22)7-14/h4-10,12H,3H2,1-2H3,(H2,23,24,25,26,27)/t12-/m0/s1. The molecule has 2 aliphatic heterocycles. The molecule has 0 fully saturated rings. The molecule has 0 radical (unpaired) electrons. The second-order valence-electron chi connectivity index (χ2n) is 7.01. The number of aliphatic imine (C=N–C) groups is 1. The Morgan fingerprint density at radius 1 is 1.27 bits per heavy atom. The quantitative estimate of drug-likeness (QED) is 0.648. The van der Waals surface area contributed by atoms with Gasteiger partial charge in [0.2, 0.25) is 0 Å². The van der Waals surface area contributed by atoms with Crippen molar-refractivity contribution >= 4 is 39.5 Å². The molecule has 2 aromatic heterocycles. The fourth-order valence-corrected chi connectivity index (χ4v) is 4.53. The van der Waals surface area contributed by atoms with Crippen LogP contribution in [0.4, 0.5) is 10.2 Å². The summed E-state index contributed by atoms with van der Waals surface area (Å²) in [5.41, 5.74) is 5.37. The molecule has 0 unspecified atom stereocenters. The summed E-state index contributed by atoms with van der Waals surface area (Å²) >= 11 is 1.54. The zero-order valence-electron chi connectivity index (χ0n) is 16.3. The minimum absolute atomic E-state index is 0.244. The molecular weight excluding hydrogens is 401 g/mol. The fraction of sp³-hybridized carbons (Fsp3) is 0.143. The minimum Gasteiger partial charge on any atom is -0.360 e. The van der Waals surface area contributed by atoms with E-state index in [0.717, 1.165) is 33.4 Å². The molecule has 0 amide bonds. The number of nitrogens with zero attached hydrogens (tertiary/aromatic N) is 5. The van der Waals surface area contributed by atoms with E-state index in [2.05, 4.69) is 31.8 Å². The molecular formula is C21H18FN7S. The van der Waals surface area contributed by atoms with Crippen LogP contribution in [0.5, 0.6) is 0 Å². The van der Waals surface area contributed by atoms with E-state index in [1.807, 2.05) is 30.2 Å². The number of benzene rings is 1. The average molecular weight is 419 g/mol. The molecule has 2 aliphatic rings. The van der Waals surface area contributed by atoms with Crippen LogP contribution in [0.2, 0.25) is 0 Å². The predicted octanol–water partition coefficient (Wildman–Crippen LogP) is 4.50. The third kappa shape index (κ3) is 2.98. The molecule has 0 bridgehead atoms. The maximum atomic E-state index is 14.0. The van der Waals surface area contributed by atoms with Gasteiger partial charge in [0.1, 0.15) is 17.7 Å². The molecule has 4 heterocycles. The third-order valence-corrected chi connectivity index (χ3v) is 5.95. The van der Waals surface area contributed by atoms with Gasteiger partial charge in [-0.05, 0) is 37.0 Å². The lowest BCUT2D eigenvalue weighted by Crippen LogP contribution is -2.30. The van der Waals surface area contributed by atoms with E-state index in [9.17, 15) is 4.39 Å². The first-order valence-corrected chi connectivity index (χ1v) is 10.2. The van der Waals surface area contributed by atoms with Crippen molar-refractivity contribution in [2.45, 2.75) is 19.9 Å². The highest BCUT2D eigenvalue weighted by molar-refractivity contribution is 8.16. The topological polar surface area (TPSA) is 82.1 Å². The summed E-state index contributed by atoms with van der Waals surface area (Å²) in [6, 6.07) is 6.25. The average Bonchev–Trinajstić information content (AvgIpc) is 3.35. The van der Waals surface area contributed by atoms with Gasteiger partial charge in [-0.25, -0.2) is 24.3 Å². The molecule has 30 heavy (non-hydrogen) atoms. The highest BCUT2D eigenvalue weighted by Gasteiger charge is 2.33. The van der Waals surface area contributed by atoms with Gasteiger partial charge in [-0.1, -0.05) is 30.5 Å². The SMILES string of the molecule is C=C1C(c2cccc(F)c2)=C([C@H](C)Nc2ncnc3[nH]cnc23)N=C2SC=C(C)N12. The molecule has 150 valence electrons. The Bertz CT molecular complexity index is 1270. The summed E-state index contributed by atoms with van der Waals surface area (Å²) in [5.74, 6) is 0.293. The van der Waals surface area contributed by atoms with Crippen LogP contribution in [-0.4, -0.2) is 36.0 Å². The largest absolute Gasteiger partial charge is 0.360 e. The summed E-state index contributed by atoms with van der Waals surface area (Å²) in [6.07, 6.45) is 3.06. The van der Waals surface area contributed by atoms with Crippen molar-refractivity contribution in [1.29, 1.82) is 0 Å². The van der Waals surface area contributed by atoms with Crippen LogP contribution in [0.3, 0.4) is 0 Å². The van der Waals surface area contributed by atoms with E-state index in [-0.39, 0.29) is 11.9 Å². The van der Waals surface area contributed by atoms with Crippen LogP contribution in [0.25, 0.3) is 16.7 Å². The number of hydrogen-bond donors (Lipinski definition) is 2. The second-order valence-corrected chi connectivity index (χ2v) is 7.85. The van der Waals surface area contributed by atoms with Crippen molar-refractivity contribution in [2.24, 2.45) is 4.99 Å². The van der Waals surface area contributed by atoms with Crippen LogP contribution in [-0.2, 0) is 0 Å². The molecule has 0 saturated heterocycles. The number of nitrogens with one attached hydrogen (secondary N) is 2. The predicted molar refractivity (Wildman–Crippen MR) is 118 cm³/mol. The van der Waals surface area contributed by atoms with E-state index in [0.29, 0.717) is 17.0 Å². The number of anilines is 1.